The van der Waals surface area contributed by atoms with Gasteiger partial charge in [0, 0.05) is 0 Å². The zero-order chi connectivity index (χ0) is 27.7. The minimum Gasteiger partial charge on any atom is -0.457 e. The van der Waals surface area contributed by atoms with E-state index in [0.717, 1.165) is 30.7 Å². The number of unbranched alkanes of at least 4 members (excludes halogenated alkanes) is 9. The molecule has 1 unspecified atom stereocenters. The molecule has 1 fully saturated rings. The van der Waals surface area contributed by atoms with E-state index in [4.69, 9.17) is 4.74 Å². The second kappa shape index (κ2) is 18.3. The predicted molar refractivity (Wildman–Crippen MR) is 167 cm³/mol. The fourth-order valence-electron chi connectivity index (χ4n) is 6.21. The normalized spacial score (nSPS) is 18.1. The average molecular weight is 533 g/mol. The number of aryl methyl sites for hydroxylation is 1. The molecule has 0 N–H and O–H groups in total. The van der Waals surface area contributed by atoms with E-state index in [0.29, 0.717) is 0 Å². The van der Waals surface area contributed by atoms with Gasteiger partial charge in [0.1, 0.15) is 6.10 Å². The molecule has 39 heavy (non-hydrogen) atoms. The monoisotopic (exact) mass is 532 g/mol. The molecule has 0 radical (unpaired) electrons. The maximum Gasteiger partial charge on any atom is 0.309 e. The molecule has 0 spiro atoms. The first kappa shape index (κ1) is 31.4. The number of hydrogen-bond donors (Lipinski definition) is 0. The molecule has 216 valence electrons. The van der Waals surface area contributed by atoms with Crippen molar-refractivity contribution in [3.8, 4) is 11.1 Å². The third-order valence-corrected chi connectivity index (χ3v) is 8.91. The van der Waals surface area contributed by atoms with Gasteiger partial charge < -0.3 is 4.74 Å². The first-order chi connectivity index (χ1) is 19.1. The van der Waals surface area contributed by atoms with Crippen LogP contribution in [0.5, 0.6) is 0 Å². The van der Waals surface area contributed by atoms with E-state index < -0.39 is 0 Å². The molecule has 3 rings (SSSR count). The second-order valence-electron chi connectivity index (χ2n) is 12.1. The van der Waals surface area contributed by atoms with Crippen molar-refractivity contribution in [3.63, 3.8) is 0 Å². The molecule has 1 atom stereocenters. The number of carbonyl (C=O) groups is 1. The number of hydrogen-bond acceptors (Lipinski definition) is 2. The Kier molecular flexibility index (Phi) is 14.7. The fourth-order valence-corrected chi connectivity index (χ4v) is 6.21. The Morgan fingerprint density at radius 3 is 1.82 bits per heavy atom. The lowest BCUT2D eigenvalue weighted by Crippen LogP contribution is -2.25. The topological polar surface area (TPSA) is 26.3 Å². The van der Waals surface area contributed by atoms with Gasteiger partial charge in [0.25, 0.3) is 0 Å². The van der Waals surface area contributed by atoms with Gasteiger partial charge in [-0.1, -0.05) is 140 Å². The number of esters is 1. The highest BCUT2D eigenvalue weighted by Crippen LogP contribution is 2.34. The first-order valence-electron chi connectivity index (χ1n) is 16.5. The molecule has 1 aliphatic carbocycles. The Bertz CT molecular complexity index is 905. The van der Waals surface area contributed by atoms with Crippen LogP contribution in [0, 0.1) is 11.8 Å². The molecule has 2 aromatic rings. The standard InChI is InChI=1S/C37H56O2/c1-4-7-9-11-12-13-15-17-31-20-24-35(25-21-31)37(38)39-36(6-3)34-28-26-33(27-29-34)32-22-18-30(19-23-32)16-14-10-8-5-2/h18-19,22-23,26-29,31,35-36H,4-17,20-21,24-25H2,1-3H3. The summed E-state index contributed by atoms with van der Waals surface area (Å²) < 4.78 is 6.08. The molecule has 1 saturated carbocycles. The van der Waals surface area contributed by atoms with E-state index in [2.05, 4.69) is 69.3 Å². The van der Waals surface area contributed by atoms with Crippen molar-refractivity contribution in [2.45, 2.75) is 142 Å². The minimum absolute atomic E-state index is 0.0230. The number of rotatable bonds is 18. The van der Waals surface area contributed by atoms with Crippen LogP contribution in [-0.2, 0) is 16.0 Å². The van der Waals surface area contributed by atoms with Crippen LogP contribution in [0.15, 0.2) is 48.5 Å². The van der Waals surface area contributed by atoms with Gasteiger partial charge in [-0.05, 0) is 73.1 Å². The van der Waals surface area contributed by atoms with Crippen LogP contribution in [0.25, 0.3) is 11.1 Å². The summed E-state index contributed by atoms with van der Waals surface area (Å²) >= 11 is 0. The maximum atomic E-state index is 13.0. The number of ether oxygens (including phenoxy) is 1. The van der Waals surface area contributed by atoms with E-state index in [1.165, 1.54) is 113 Å². The summed E-state index contributed by atoms with van der Waals surface area (Å²) in [5.41, 5.74) is 5.00. The van der Waals surface area contributed by atoms with Gasteiger partial charge >= 0.3 is 5.97 Å². The lowest BCUT2D eigenvalue weighted by molar-refractivity contribution is -0.156. The largest absolute Gasteiger partial charge is 0.457 e. The van der Waals surface area contributed by atoms with Crippen molar-refractivity contribution >= 4 is 5.97 Å². The Balaban J connectivity index is 1.40. The van der Waals surface area contributed by atoms with Crippen LogP contribution in [-0.4, -0.2) is 5.97 Å². The number of benzene rings is 2. The van der Waals surface area contributed by atoms with E-state index in [1.54, 1.807) is 0 Å². The quantitative estimate of drug-likeness (QED) is 0.141. The van der Waals surface area contributed by atoms with Gasteiger partial charge in [-0.3, -0.25) is 4.79 Å². The summed E-state index contributed by atoms with van der Waals surface area (Å²) in [7, 11) is 0. The first-order valence-corrected chi connectivity index (χ1v) is 16.5. The molecule has 0 bridgehead atoms. The van der Waals surface area contributed by atoms with Crippen LogP contribution in [0.4, 0.5) is 0 Å². The van der Waals surface area contributed by atoms with E-state index in [9.17, 15) is 4.79 Å². The molecular weight excluding hydrogens is 476 g/mol. The lowest BCUT2D eigenvalue weighted by Gasteiger charge is -2.28. The minimum atomic E-state index is -0.150. The summed E-state index contributed by atoms with van der Waals surface area (Å²) in [5, 5.41) is 0. The molecule has 0 aromatic heterocycles. The van der Waals surface area contributed by atoms with Crippen molar-refractivity contribution in [1.82, 2.24) is 0 Å². The molecule has 0 aliphatic heterocycles. The van der Waals surface area contributed by atoms with Gasteiger partial charge in [-0.2, -0.15) is 0 Å². The third kappa shape index (κ3) is 11.1. The summed E-state index contributed by atoms with van der Waals surface area (Å²) in [4.78, 5) is 13.0. The summed E-state index contributed by atoms with van der Waals surface area (Å²) in [5.74, 6) is 0.924. The van der Waals surface area contributed by atoms with Crippen molar-refractivity contribution < 1.29 is 9.53 Å². The Morgan fingerprint density at radius 1 is 0.692 bits per heavy atom. The van der Waals surface area contributed by atoms with E-state index in [-0.39, 0.29) is 18.0 Å². The van der Waals surface area contributed by atoms with E-state index >= 15 is 0 Å². The summed E-state index contributed by atoms with van der Waals surface area (Å²) in [6.45, 7) is 6.66. The zero-order valence-corrected chi connectivity index (χ0v) is 25.4. The van der Waals surface area contributed by atoms with Crippen LogP contribution in [0.3, 0.4) is 0 Å². The van der Waals surface area contributed by atoms with Gasteiger partial charge in [0.15, 0.2) is 0 Å². The van der Waals surface area contributed by atoms with Crippen molar-refractivity contribution in [2.75, 3.05) is 0 Å². The van der Waals surface area contributed by atoms with Crippen LogP contribution >= 0.6 is 0 Å². The Hall–Kier alpha value is -2.09. The van der Waals surface area contributed by atoms with Crippen LogP contribution in [0.1, 0.15) is 147 Å². The molecule has 0 amide bonds. The molecule has 2 heteroatoms. The van der Waals surface area contributed by atoms with Crippen molar-refractivity contribution in [1.29, 1.82) is 0 Å². The highest BCUT2D eigenvalue weighted by molar-refractivity contribution is 5.73. The smallest absolute Gasteiger partial charge is 0.309 e. The fraction of sp³-hybridized carbons (Fsp3) is 0.649. The van der Waals surface area contributed by atoms with Gasteiger partial charge in [-0.25, -0.2) is 0 Å². The van der Waals surface area contributed by atoms with Crippen LogP contribution in [0.2, 0.25) is 0 Å². The van der Waals surface area contributed by atoms with Gasteiger partial charge in [0.2, 0.25) is 0 Å². The molecule has 0 heterocycles. The molecule has 0 saturated heterocycles. The average Bonchev–Trinajstić information content (AvgIpc) is 2.98. The highest BCUT2D eigenvalue weighted by Gasteiger charge is 2.29. The van der Waals surface area contributed by atoms with Crippen molar-refractivity contribution in [2.24, 2.45) is 11.8 Å². The van der Waals surface area contributed by atoms with Gasteiger partial charge in [-0.15, -0.1) is 0 Å². The zero-order valence-electron chi connectivity index (χ0n) is 25.4. The maximum absolute atomic E-state index is 13.0. The Labute approximate surface area is 240 Å². The van der Waals surface area contributed by atoms with Crippen molar-refractivity contribution in [3.05, 3.63) is 59.7 Å². The second-order valence-corrected chi connectivity index (χ2v) is 12.1. The SMILES string of the molecule is CCCCCCCCCC1CCC(C(=O)OC(CC)c2ccc(-c3ccc(CCCCCC)cc3)cc2)CC1. The summed E-state index contributed by atoms with van der Waals surface area (Å²) in [6.07, 6.45) is 22.4. The lowest BCUT2D eigenvalue weighted by atomic mass is 9.79. The molecule has 2 nitrogen and oxygen atoms in total. The Morgan fingerprint density at radius 2 is 1.23 bits per heavy atom. The predicted octanol–water partition coefficient (Wildman–Crippen LogP) is 11.4. The van der Waals surface area contributed by atoms with Gasteiger partial charge in [0.05, 0.1) is 5.92 Å². The number of carbonyl (C=O) groups excluding carboxylic acids is 1. The summed E-state index contributed by atoms with van der Waals surface area (Å²) in [6, 6.07) is 17.7. The molecular formula is C37H56O2. The van der Waals surface area contributed by atoms with Crippen LogP contribution < -0.4 is 0 Å². The molecule has 1 aliphatic rings. The highest BCUT2D eigenvalue weighted by atomic mass is 16.5. The molecule has 2 aromatic carbocycles. The third-order valence-electron chi connectivity index (χ3n) is 8.91. The van der Waals surface area contributed by atoms with E-state index in [1.807, 2.05) is 0 Å².